The van der Waals surface area contributed by atoms with Gasteiger partial charge in [0.2, 0.25) is 5.91 Å². The molecule has 1 heterocycles. The Balaban J connectivity index is 2.03. The number of fused-ring (bicyclic) bond motifs is 1. The topological polar surface area (TPSA) is 58.6 Å². The lowest BCUT2D eigenvalue weighted by Gasteiger charge is -2.23. The quantitative estimate of drug-likeness (QED) is 0.928. The molecule has 0 spiro atoms. The summed E-state index contributed by atoms with van der Waals surface area (Å²) in [6, 6.07) is 14.4. The van der Waals surface area contributed by atoms with Crippen molar-refractivity contribution in [2.24, 2.45) is 5.92 Å². The van der Waals surface area contributed by atoms with Crippen molar-refractivity contribution in [2.75, 3.05) is 23.9 Å². The zero-order valence-corrected chi connectivity index (χ0v) is 13.1. The van der Waals surface area contributed by atoms with E-state index in [0.717, 1.165) is 0 Å². The van der Waals surface area contributed by atoms with Crippen molar-refractivity contribution in [3.05, 3.63) is 54.1 Å². The first-order valence-corrected chi connectivity index (χ1v) is 7.46. The third kappa shape index (κ3) is 2.90. The van der Waals surface area contributed by atoms with Gasteiger partial charge in [0.25, 0.3) is 5.91 Å². The van der Waals surface area contributed by atoms with Gasteiger partial charge < -0.3 is 15.0 Å². The summed E-state index contributed by atoms with van der Waals surface area (Å²) in [6.07, 6.45) is 0. The Morgan fingerprint density at radius 1 is 1.22 bits per heavy atom. The molecular weight excluding hydrogens is 292 g/mol. The van der Waals surface area contributed by atoms with Crippen molar-refractivity contribution in [3.63, 3.8) is 0 Å². The van der Waals surface area contributed by atoms with Crippen LogP contribution in [0.5, 0.6) is 5.75 Å². The molecule has 1 aliphatic rings. The van der Waals surface area contributed by atoms with E-state index in [1.807, 2.05) is 25.1 Å². The molecule has 118 valence electrons. The van der Waals surface area contributed by atoms with Crippen LogP contribution in [0.4, 0.5) is 11.4 Å². The van der Waals surface area contributed by atoms with Crippen molar-refractivity contribution >= 4 is 23.2 Å². The number of rotatable bonds is 2. The fourth-order valence-electron chi connectivity index (χ4n) is 2.63. The molecule has 0 aromatic heterocycles. The number of nitrogens with one attached hydrogen (secondary N) is 1. The van der Waals surface area contributed by atoms with Gasteiger partial charge in [-0.15, -0.1) is 0 Å². The maximum Gasteiger partial charge on any atom is 0.258 e. The molecule has 1 atom stereocenters. The van der Waals surface area contributed by atoms with Crippen LogP contribution in [0.2, 0.25) is 0 Å². The van der Waals surface area contributed by atoms with E-state index in [0.29, 0.717) is 29.2 Å². The Morgan fingerprint density at radius 2 is 2.00 bits per heavy atom. The number of nitrogens with zero attached hydrogens (tertiary/aromatic N) is 1. The van der Waals surface area contributed by atoms with Crippen molar-refractivity contribution in [1.29, 1.82) is 0 Å². The highest BCUT2D eigenvalue weighted by Gasteiger charge is 2.29. The molecule has 0 saturated carbocycles. The van der Waals surface area contributed by atoms with Gasteiger partial charge in [-0.25, -0.2) is 0 Å². The van der Waals surface area contributed by atoms with Crippen LogP contribution in [0, 0.1) is 5.92 Å². The predicted octanol–water partition coefficient (Wildman–Crippen LogP) is 2.93. The summed E-state index contributed by atoms with van der Waals surface area (Å²) in [5, 5.41) is 2.87. The second-order valence-electron chi connectivity index (χ2n) is 5.56. The van der Waals surface area contributed by atoms with Crippen LogP contribution in [-0.2, 0) is 4.79 Å². The molecule has 2 aromatic rings. The number of carbonyl (C=O) groups excluding carboxylic acids is 2. The summed E-state index contributed by atoms with van der Waals surface area (Å²) in [7, 11) is 1.56. The van der Waals surface area contributed by atoms with Gasteiger partial charge in [0.05, 0.1) is 24.4 Å². The van der Waals surface area contributed by atoms with Gasteiger partial charge in [0.15, 0.2) is 0 Å². The molecule has 1 aliphatic heterocycles. The minimum absolute atomic E-state index is 0.0848. The van der Waals surface area contributed by atoms with Gasteiger partial charge >= 0.3 is 0 Å². The van der Waals surface area contributed by atoms with Crippen molar-refractivity contribution < 1.29 is 14.3 Å². The Kier molecular flexibility index (Phi) is 4.02. The maximum atomic E-state index is 13.0. The standard InChI is InChI=1S/C18H18N2O3/c1-12-11-20(16-9-4-3-8-15(16)19-17(12)21)18(22)13-6-5-7-14(10-13)23-2/h3-10,12H,11H2,1-2H3,(H,19,21). The SMILES string of the molecule is COc1cccc(C(=O)N2CC(C)C(=O)Nc3ccccc32)c1. The fraction of sp³-hybridized carbons (Fsp3) is 0.222. The number of carbonyl (C=O) groups is 2. The van der Waals surface area contributed by atoms with Gasteiger partial charge in [0, 0.05) is 12.1 Å². The minimum Gasteiger partial charge on any atom is -0.497 e. The van der Waals surface area contributed by atoms with E-state index in [-0.39, 0.29) is 17.7 Å². The van der Waals surface area contributed by atoms with Crippen molar-refractivity contribution in [1.82, 2.24) is 0 Å². The molecule has 0 saturated heterocycles. The highest BCUT2D eigenvalue weighted by Crippen LogP contribution is 2.31. The molecule has 1 N–H and O–H groups in total. The molecule has 5 heteroatoms. The van der Waals surface area contributed by atoms with Gasteiger partial charge in [-0.2, -0.15) is 0 Å². The van der Waals surface area contributed by atoms with Crippen LogP contribution in [0.3, 0.4) is 0 Å². The van der Waals surface area contributed by atoms with Crippen molar-refractivity contribution in [3.8, 4) is 5.75 Å². The smallest absolute Gasteiger partial charge is 0.258 e. The van der Waals surface area contributed by atoms with Crippen LogP contribution in [-0.4, -0.2) is 25.5 Å². The fourth-order valence-corrected chi connectivity index (χ4v) is 2.63. The van der Waals surface area contributed by atoms with Gasteiger partial charge in [-0.05, 0) is 30.3 Å². The molecule has 0 fully saturated rings. The number of hydrogen-bond acceptors (Lipinski definition) is 3. The Hall–Kier alpha value is -2.82. The molecule has 0 bridgehead atoms. The van der Waals surface area contributed by atoms with E-state index in [9.17, 15) is 9.59 Å². The first-order valence-electron chi connectivity index (χ1n) is 7.46. The van der Waals surface area contributed by atoms with Gasteiger partial charge in [-0.1, -0.05) is 25.1 Å². The monoisotopic (exact) mass is 310 g/mol. The first kappa shape index (κ1) is 15.1. The van der Waals surface area contributed by atoms with E-state index in [2.05, 4.69) is 5.32 Å². The average Bonchev–Trinajstić information content (AvgIpc) is 2.71. The third-order valence-electron chi connectivity index (χ3n) is 3.92. The summed E-state index contributed by atoms with van der Waals surface area (Å²) in [5.74, 6) is 0.0938. The molecule has 1 unspecified atom stereocenters. The number of ether oxygens (including phenoxy) is 1. The number of anilines is 2. The van der Waals surface area contributed by atoms with Crippen LogP contribution in [0.15, 0.2) is 48.5 Å². The van der Waals surface area contributed by atoms with E-state index in [1.165, 1.54) is 0 Å². The molecular formula is C18H18N2O3. The van der Waals surface area contributed by atoms with E-state index < -0.39 is 0 Å². The zero-order valence-electron chi connectivity index (χ0n) is 13.1. The number of hydrogen-bond donors (Lipinski definition) is 1. The maximum absolute atomic E-state index is 13.0. The van der Waals surface area contributed by atoms with Gasteiger partial charge in [-0.3, -0.25) is 9.59 Å². The lowest BCUT2D eigenvalue weighted by atomic mass is 10.1. The van der Waals surface area contributed by atoms with E-state index in [4.69, 9.17) is 4.74 Å². The summed E-state index contributed by atoms with van der Waals surface area (Å²) in [6.45, 7) is 2.14. The number of benzene rings is 2. The number of methoxy groups -OCH3 is 1. The van der Waals surface area contributed by atoms with Crippen LogP contribution in [0.25, 0.3) is 0 Å². The average molecular weight is 310 g/mol. The summed E-state index contributed by atoms with van der Waals surface area (Å²) in [4.78, 5) is 26.7. The Bertz CT molecular complexity index is 757. The Labute approximate surface area is 134 Å². The number of amides is 2. The summed E-state index contributed by atoms with van der Waals surface area (Å²) in [5.41, 5.74) is 1.89. The largest absolute Gasteiger partial charge is 0.497 e. The summed E-state index contributed by atoms with van der Waals surface area (Å²) < 4.78 is 5.19. The summed E-state index contributed by atoms with van der Waals surface area (Å²) >= 11 is 0. The van der Waals surface area contributed by atoms with Crippen LogP contribution >= 0.6 is 0 Å². The molecule has 0 radical (unpaired) electrons. The molecule has 2 aromatic carbocycles. The van der Waals surface area contributed by atoms with Crippen LogP contribution in [0.1, 0.15) is 17.3 Å². The van der Waals surface area contributed by atoms with E-state index in [1.54, 1.807) is 42.3 Å². The molecule has 0 aliphatic carbocycles. The lowest BCUT2D eigenvalue weighted by molar-refractivity contribution is -0.119. The number of para-hydroxylation sites is 2. The highest BCUT2D eigenvalue weighted by atomic mass is 16.5. The minimum atomic E-state index is -0.294. The second-order valence-corrected chi connectivity index (χ2v) is 5.56. The van der Waals surface area contributed by atoms with E-state index >= 15 is 0 Å². The van der Waals surface area contributed by atoms with Gasteiger partial charge in [0.1, 0.15) is 5.75 Å². The molecule has 3 rings (SSSR count). The molecule has 2 amide bonds. The molecule has 5 nitrogen and oxygen atoms in total. The van der Waals surface area contributed by atoms with Crippen LogP contribution < -0.4 is 15.0 Å². The normalized spacial score (nSPS) is 17.0. The lowest BCUT2D eigenvalue weighted by Crippen LogP contribution is -2.35. The zero-order chi connectivity index (χ0) is 16.4. The van der Waals surface area contributed by atoms with Crippen molar-refractivity contribution in [2.45, 2.75) is 6.92 Å². The third-order valence-corrected chi connectivity index (χ3v) is 3.92. The molecule has 23 heavy (non-hydrogen) atoms. The highest BCUT2D eigenvalue weighted by molar-refractivity contribution is 6.11. The first-order chi connectivity index (χ1) is 11.1. The Morgan fingerprint density at radius 3 is 2.78 bits per heavy atom. The second kappa shape index (κ2) is 6.12. The predicted molar refractivity (Wildman–Crippen MR) is 88.9 cm³/mol.